The zero-order chi connectivity index (χ0) is 11.8. The van der Waals surface area contributed by atoms with Crippen LogP contribution in [0.1, 0.15) is 11.1 Å². The van der Waals surface area contributed by atoms with E-state index in [-0.39, 0.29) is 0 Å². The lowest BCUT2D eigenvalue weighted by Crippen LogP contribution is -2.18. The lowest BCUT2D eigenvalue weighted by molar-refractivity contribution is 0.122. The van der Waals surface area contributed by atoms with Crippen LogP contribution in [0, 0.1) is 0 Å². The Morgan fingerprint density at radius 3 is 2.71 bits per heavy atom. The Balaban J connectivity index is 1.52. The fourth-order valence-corrected chi connectivity index (χ4v) is 1.53. The molecule has 0 atom stereocenters. The van der Waals surface area contributed by atoms with E-state index in [0.717, 1.165) is 18.7 Å². The molecule has 0 saturated carbocycles. The molecule has 0 aliphatic heterocycles. The molecule has 1 heterocycles. The molecule has 0 fully saturated rings. The Hall–Kier alpha value is -1.58. The number of rotatable bonds is 7. The van der Waals surface area contributed by atoms with Gasteiger partial charge < -0.3 is 14.5 Å². The molecule has 0 aliphatic carbocycles. The van der Waals surface area contributed by atoms with Gasteiger partial charge in [0, 0.05) is 18.7 Å². The maximum atomic E-state index is 5.55. The first-order valence-electron chi connectivity index (χ1n) is 5.78. The van der Waals surface area contributed by atoms with Crippen molar-refractivity contribution >= 4 is 0 Å². The molecule has 1 aromatic carbocycles. The standard InChI is InChI=1S/C14H17NO2/c1-2-4-13(5-3-1)11-17-9-7-15-10-14-6-8-16-12-14/h1-6,8,12,15H,7,9-11H2. The minimum Gasteiger partial charge on any atom is -0.472 e. The van der Waals surface area contributed by atoms with Crippen molar-refractivity contribution in [1.29, 1.82) is 0 Å². The van der Waals surface area contributed by atoms with E-state index in [9.17, 15) is 0 Å². The third-order valence-electron chi connectivity index (χ3n) is 2.44. The molecule has 0 aliphatic rings. The van der Waals surface area contributed by atoms with Crippen LogP contribution in [0.4, 0.5) is 0 Å². The Kier molecular flexibility index (Phi) is 4.82. The molecule has 3 nitrogen and oxygen atoms in total. The van der Waals surface area contributed by atoms with Gasteiger partial charge in [0.1, 0.15) is 0 Å². The molecule has 17 heavy (non-hydrogen) atoms. The van der Waals surface area contributed by atoms with E-state index in [1.807, 2.05) is 24.3 Å². The number of nitrogens with one attached hydrogen (secondary N) is 1. The Bertz CT molecular complexity index is 397. The summed E-state index contributed by atoms with van der Waals surface area (Å²) in [6.45, 7) is 3.06. The van der Waals surface area contributed by atoms with Crippen LogP contribution in [-0.2, 0) is 17.9 Å². The highest BCUT2D eigenvalue weighted by Gasteiger charge is 1.94. The zero-order valence-electron chi connectivity index (χ0n) is 9.76. The largest absolute Gasteiger partial charge is 0.472 e. The summed E-state index contributed by atoms with van der Waals surface area (Å²) in [5.74, 6) is 0. The van der Waals surface area contributed by atoms with Crippen LogP contribution in [0.15, 0.2) is 53.3 Å². The van der Waals surface area contributed by atoms with Gasteiger partial charge in [-0.05, 0) is 11.6 Å². The lowest BCUT2D eigenvalue weighted by Gasteiger charge is -2.05. The molecule has 0 spiro atoms. The summed E-state index contributed by atoms with van der Waals surface area (Å²) in [5, 5.41) is 3.29. The topological polar surface area (TPSA) is 34.4 Å². The van der Waals surface area contributed by atoms with Gasteiger partial charge in [-0.1, -0.05) is 30.3 Å². The highest BCUT2D eigenvalue weighted by molar-refractivity contribution is 5.13. The summed E-state index contributed by atoms with van der Waals surface area (Å²) in [5.41, 5.74) is 2.37. The van der Waals surface area contributed by atoms with Gasteiger partial charge in [-0.25, -0.2) is 0 Å². The lowest BCUT2D eigenvalue weighted by atomic mass is 10.2. The average molecular weight is 231 g/mol. The van der Waals surface area contributed by atoms with Crippen molar-refractivity contribution in [1.82, 2.24) is 5.32 Å². The predicted molar refractivity (Wildman–Crippen MR) is 66.5 cm³/mol. The van der Waals surface area contributed by atoms with Crippen LogP contribution in [0.5, 0.6) is 0 Å². The van der Waals surface area contributed by atoms with Gasteiger partial charge in [-0.15, -0.1) is 0 Å². The van der Waals surface area contributed by atoms with E-state index in [1.54, 1.807) is 12.5 Å². The van der Waals surface area contributed by atoms with Crippen LogP contribution in [0.2, 0.25) is 0 Å². The van der Waals surface area contributed by atoms with Gasteiger partial charge in [-0.3, -0.25) is 0 Å². The first kappa shape index (κ1) is 11.9. The van der Waals surface area contributed by atoms with Crippen molar-refractivity contribution in [3.63, 3.8) is 0 Å². The van der Waals surface area contributed by atoms with Gasteiger partial charge in [0.2, 0.25) is 0 Å². The maximum absolute atomic E-state index is 5.55. The minimum absolute atomic E-state index is 0.675. The van der Waals surface area contributed by atoms with Crippen molar-refractivity contribution in [2.45, 2.75) is 13.2 Å². The monoisotopic (exact) mass is 231 g/mol. The number of hydrogen-bond donors (Lipinski definition) is 1. The van der Waals surface area contributed by atoms with Crippen molar-refractivity contribution in [3.8, 4) is 0 Å². The molecular formula is C14H17NO2. The second-order valence-corrected chi connectivity index (χ2v) is 3.85. The van der Waals surface area contributed by atoms with Crippen molar-refractivity contribution in [2.24, 2.45) is 0 Å². The maximum Gasteiger partial charge on any atom is 0.0947 e. The average Bonchev–Trinajstić information content (AvgIpc) is 2.88. The molecule has 0 bridgehead atoms. The number of benzene rings is 1. The molecular weight excluding hydrogens is 214 g/mol. The highest BCUT2D eigenvalue weighted by atomic mass is 16.5. The Morgan fingerprint density at radius 2 is 1.94 bits per heavy atom. The third-order valence-corrected chi connectivity index (χ3v) is 2.44. The van der Waals surface area contributed by atoms with E-state index in [0.29, 0.717) is 13.2 Å². The second kappa shape index (κ2) is 6.89. The van der Waals surface area contributed by atoms with E-state index >= 15 is 0 Å². The van der Waals surface area contributed by atoms with Gasteiger partial charge in [0.15, 0.2) is 0 Å². The number of ether oxygens (including phenoxy) is 1. The highest BCUT2D eigenvalue weighted by Crippen LogP contribution is 2.00. The summed E-state index contributed by atoms with van der Waals surface area (Å²) < 4.78 is 10.5. The van der Waals surface area contributed by atoms with E-state index < -0.39 is 0 Å². The molecule has 1 aromatic heterocycles. The van der Waals surface area contributed by atoms with Gasteiger partial charge in [0.05, 0.1) is 25.7 Å². The van der Waals surface area contributed by atoms with Gasteiger partial charge in [0.25, 0.3) is 0 Å². The van der Waals surface area contributed by atoms with Crippen LogP contribution in [-0.4, -0.2) is 13.2 Å². The summed E-state index contributed by atoms with van der Waals surface area (Å²) in [7, 11) is 0. The molecule has 0 radical (unpaired) electrons. The summed E-state index contributed by atoms with van der Waals surface area (Å²) in [4.78, 5) is 0. The minimum atomic E-state index is 0.675. The third kappa shape index (κ3) is 4.43. The first-order chi connectivity index (χ1) is 8.45. The van der Waals surface area contributed by atoms with Crippen LogP contribution in [0.25, 0.3) is 0 Å². The molecule has 0 saturated heterocycles. The fourth-order valence-electron chi connectivity index (χ4n) is 1.53. The molecule has 2 rings (SSSR count). The molecule has 90 valence electrons. The molecule has 3 heteroatoms. The second-order valence-electron chi connectivity index (χ2n) is 3.85. The summed E-state index contributed by atoms with van der Waals surface area (Å²) in [6.07, 6.45) is 3.43. The Labute approximate surface area is 101 Å². The van der Waals surface area contributed by atoms with E-state index in [2.05, 4.69) is 17.4 Å². The number of furan rings is 1. The number of hydrogen-bond acceptors (Lipinski definition) is 3. The van der Waals surface area contributed by atoms with Crippen molar-refractivity contribution < 1.29 is 9.15 Å². The molecule has 1 N–H and O–H groups in total. The fraction of sp³-hybridized carbons (Fsp3) is 0.286. The van der Waals surface area contributed by atoms with Crippen LogP contribution < -0.4 is 5.32 Å². The summed E-state index contributed by atoms with van der Waals surface area (Å²) >= 11 is 0. The van der Waals surface area contributed by atoms with Gasteiger partial charge in [-0.2, -0.15) is 0 Å². The zero-order valence-corrected chi connectivity index (χ0v) is 9.76. The van der Waals surface area contributed by atoms with Crippen molar-refractivity contribution in [2.75, 3.05) is 13.2 Å². The SMILES string of the molecule is c1ccc(COCCNCc2ccoc2)cc1. The first-order valence-corrected chi connectivity index (χ1v) is 5.78. The molecule has 0 unspecified atom stereocenters. The van der Waals surface area contributed by atoms with E-state index in [4.69, 9.17) is 9.15 Å². The predicted octanol–water partition coefficient (Wildman–Crippen LogP) is 2.59. The van der Waals surface area contributed by atoms with Crippen molar-refractivity contribution in [3.05, 3.63) is 60.1 Å². The van der Waals surface area contributed by atoms with Crippen LogP contribution in [0.3, 0.4) is 0 Å². The summed E-state index contributed by atoms with van der Waals surface area (Å²) in [6, 6.07) is 12.2. The van der Waals surface area contributed by atoms with E-state index in [1.165, 1.54) is 5.56 Å². The van der Waals surface area contributed by atoms with Gasteiger partial charge >= 0.3 is 0 Å². The quantitative estimate of drug-likeness (QED) is 0.744. The molecule has 0 amide bonds. The van der Waals surface area contributed by atoms with Crippen LogP contribution >= 0.6 is 0 Å². The molecule has 2 aromatic rings. The smallest absolute Gasteiger partial charge is 0.0947 e. The normalized spacial score (nSPS) is 10.6. The Morgan fingerprint density at radius 1 is 1.06 bits per heavy atom.